The van der Waals surface area contributed by atoms with Gasteiger partial charge in [-0.25, -0.2) is 0 Å². The summed E-state index contributed by atoms with van der Waals surface area (Å²) in [5, 5.41) is 9.94. The number of hydrogen-bond acceptors (Lipinski definition) is 3. The van der Waals surface area contributed by atoms with Crippen LogP contribution in [-0.4, -0.2) is 52.3 Å². The molecule has 0 bridgehead atoms. The molecule has 6 nitrogen and oxygen atoms in total. The molecule has 1 aromatic carbocycles. The average molecular weight is 316 g/mol. The summed E-state index contributed by atoms with van der Waals surface area (Å²) in [6.07, 6.45) is 1.81. The number of fused-ring (bicyclic) bond motifs is 1. The van der Waals surface area contributed by atoms with E-state index in [1.54, 1.807) is 4.90 Å². The maximum atomic E-state index is 12.6. The molecule has 2 heterocycles. The van der Waals surface area contributed by atoms with Gasteiger partial charge in [0.1, 0.15) is 0 Å². The lowest BCUT2D eigenvalue weighted by atomic mass is 10.1. The first kappa shape index (κ1) is 15.6. The fraction of sp³-hybridized carbons (Fsp3) is 0.412. The highest BCUT2D eigenvalue weighted by atomic mass is 16.5. The number of aliphatic carboxylic acids is 1. The summed E-state index contributed by atoms with van der Waals surface area (Å²) in [5.74, 6) is -0.890. The van der Waals surface area contributed by atoms with Crippen molar-refractivity contribution in [1.29, 1.82) is 0 Å². The van der Waals surface area contributed by atoms with E-state index in [2.05, 4.69) is 0 Å². The van der Waals surface area contributed by atoms with Crippen molar-refractivity contribution >= 4 is 22.8 Å². The van der Waals surface area contributed by atoms with Crippen LogP contribution in [0.15, 0.2) is 30.5 Å². The number of benzene rings is 1. The third-order valence-electron chi connectivity index (χ3n) is 4.21. The predicted octanol–water partition coefficient (Wildman–Crippen LogP) is 1.42. The molecule has 2 aromatic rings. The Balaban J connectivity index is 1.72. The number of morpholine rings is 1. The molecule has 122 valence electrons. The van der Waals surface area contributed by atoms with Crippen LogP contribution in [0.3, 0.4) is 0 Å². The molecule has 1 atom stereocenters. The van der Waals surface area contributed by atoms with Gasteiger partial charge in [0.25, 0.3) is 0 Å². The predicted molar refractivity (Wildman–Crippen MR) is 85.2 cm³/mol. The summed E-state index contributed by atoms with van der Waals surface area (Å²) in [5.41, 5.74) is 2.09. The number of aryl methyl sites for hydroxylation is 1. The van der Waals surface area contributed by atoms with E-state index < -0.39 is 12.1 Å². The second kappa shape index (κ2) is 6.42. The Kier molecular flexibility index (Phi) is 4.34. The minimum Gasteiger partial charge on any atom is -0.481 e. The number of ether oxygens (including phenoxy) is 1. The van der Waals surface area contributed by atoms with Crippen LogP contribution < -0.4 is 0 Å². The molecule has 1 fully saturated rings. The van der Waals surface area contributed by atoms with Gasteiger partial charge in [0.15, 0.2) is 0 Å². The minimum absolute atomic E-state index is 0.0139. The highest BCUT2D eigenvalue weighted by Gasteiger charge is 2.26. The fourth-order valence-corrected chi connectivity index (χ4v) is 3.11. The van der Waals surface area contributed by atoms with Crippen LogP contribution >= 0.6 is 0 Å². The molecule has 1 unspecified atom stereocenters. The van der Waals surface area contributed by atoms with Gasteiger partial charge in [-0.2, -0.15) is 0 Å². The Bertz CT molecular complexity index is 737. The van der Waals surface area contributed by atoms with Crippen molar-refractivity contribution in [1.82, 2.24) is 9.47 Å². The van der Waals surface area contributed by atoms with Gasteiger partial charge < -0.3 is 19.3 Å². The highest BCUT2D eigenvalue weighted by molar-refractivity contribution is 5.89. The molecule has 23 heavy (non-hydrogen) atoms. The number of carboxylic acid groups (broad SMARTS) is 1. The van der Waals surface area contributed by atoms with E-state index in [1.165, 1.54) is 0 Å². The van der Waals surface area contributed by atoms with E-state index in [1.807, 2.05) is 42.1 Å². The van der Waals surface area contributed by atoms with Crippen LogP contribution in [-0.2, 0) is 27.8 Å². The summed E-state index contributed by atoms with van der Waals surface area (Å²) in [4.78, 5) is 25.1. The Hall–Kier alpha value is -2.34. The normalized spacial score (nSPS) is 18.3. The Morgan fingerprint density at radius 2 is 2.13 bits per heavy atom. The molecule has 1 N–H and O–H groups in total. The van der Waals surface area contributed by atoms with Gasteiger partial charge in [-0.1, -0.05) is 18.2 Å². The number of carbonyl (C=O) groups excluding carboxylic acids is 1. The zero-order valence-corrected chi connectivity index (χ0v) is 13.1. The van der Waals surface area contributed by atoms with Crippen molar-refractivity contribution in [2.75, 3.05) is 19.7 Å². The van der Waals surface area contributed by atoms with Gasteiger partial charge in [-0.05, 0) is 11.6 Å². The van der Waals surface area contributed by atoms with Crippen molar-refractivity contribution < 1.29 is 19.4 Å². The smallest absolute Gasteiger partial charge is 0.306 e. The molecule has 0 aliphatic carbocycles. The lowest BCUT2D eigenvalue weighted by Crippen LogP contribution is -2.46. The quantitative estimate of drug-likeness (QED) is 0.926. The first-order chi connectivity index (χ1) is 11.0. The largest absolute Gasteiger partial charge is 0.481 e. The number of para-hydroxylation sites is 1. The van der Waals surface area contributed by atoms with E-state index in [0.29, 0.717) is 26.1 Å². The Morgan fingerprint density at radius 1 is 1.35 bits per heavy atom. The maximum absolute atomic E-state index is 12.6. The van der Waals surface area contributed by atoms with Crippen LogP contribution in [0.5, 0.6) is 0 Å². The van der Waals surface area contributed by atoms with Gasteiger partial charge in [-0.15, -0.1) is 0 Å². The average Bonchev–Trinajstić information content (AvgIpc) is 2.84. The molecule has 1 aliphatic heterocycles. The summed E-state index contributed by atoms with van der Waals surface area (Å²) in [6.45, 7) is 1.24. The molecular formula is C17H20N2O4. The monoisotopic (exact) mass is 316 g/mol. The lowest BCUT2D eigenvalue weighted by Gasteiger charge is -2.32. The second-order valence-corrected chi connectivity index (χ2v) is 5.89. The zero-order chi connectivity index (χ0) is 16.4. The third kappa shape index (κ3) is 3.37. The van der Waals surface area contributed by atoms with E-state index in [9.17, 15) is 9.59 Å². The number of nitrogens with zero attached hydrogens (tertiary/aromatic N) is 2. The molecule has 0 radical (unpaired) electrons. The van der Waals surface area contributed by atoms with E-state index in [4.69, 9.17) is 9.84 Å². The number of amides is 1. The molecule has 3 rings (SSSR count). The SMILES string of the molecule is Cn1cc(CC(=O)N2CCOC(CC(=O)O)C2)c2ccccc21. The van der Waals surface area contributed by atoms with Crippen LogP contribution in [0.4, 0.5) is 0 Å². The van der Waals surface area contributed by atoms with Crippen molar-refractivity contribution in [2.45, 2.75) is 18.9 Å². The summed E-state index contributed by atoms with van der Waals surface area (Å²) >= 11 is 0. The van der Waals surface area contributed by atoms with Gasteiger partial charge in [0.05, 0.1) is 25.6 Å². The molecule has 1 amide bonds. The number of hydrogen-bond donors (Lipinski definition) is 1. The fourth-order valence-electron chi connectivity index (χ4n) is 3.11. The Labute approximate surface area is 134 Å². The van der Waals surface area contributed by atoms with Crippen molar-refractivity contribution in [3.05, 3.63) is 36.0 Å². The molecule has 0 spiro atoms. The molecular weight excluding hydrogens is 296 g/mol. The van der Waals surface area contributed by atoms with Gasteiger partial charge in [-0.3, -0.25) is 9.59 Å². The standard InChI is InChI=1S/C17H20N2O4/c1-18-10-12(14-4-2-3-5-15(14)18)8-16(20)19-6-7-23-13(11-19)9-17(21)22/h2-5,10,13H,6-9,11H2,1H3,(H,21,22). The van der Waals surface area contributed by atoms with Crippen molar-refractivity contribution in [3.8, 4) is 0 Å². The Morgan fingerprint density at radius 3 is 2.91 bits per heavy atom. The summed E-state index contributed by atoms with van der Waals surface area (Å²) in [7, 11) is 1.97. The van der Waals surface area contributed by atoms with Gasteiger partial charge in [0, 0.05) is 37.2 Å². The first-order valence-electron chi connectivity index (χ1n) is 7.68. The van der Waals surface area contributed by atoms with E-state index >= 15 is 0 Å². The number of carbonyl (C=O) groups is 2. The topological polar surface area (TPSA) is 71.8 Å². The molecule has 1 saturated heterocycles. The number of aromatic nitrogens is 1. The van der Waals surface area contributed by atoms with Crippen LogP contribution in [0.25, 0.3) is 10.9 Å². The van der Waals surface area contributed by atoms with Crippen LogP contribution in [0, 0.1) is 0 Å². The molecule has 1 aromatic heterocycles. The highest BCUT2D eigenvalue weighted by Crippen LogP contribution is 2.21. The van der Waals surface area contributed by atoms with Crippen molar-refractivity contribution in [2.24, 2.45) is 7.05 Å². The zero-order valence-electron chi connectivity index (χ0n) is 13.1. The number of carboxylic acids is 1. The second-order valence-electron chi connectivity index (χ2n) is 5.89. The van der Waals surface area contributed by atoms with E-state index in [-0.39, 0.29) is 12.3 Å². The van der Waals surface area contributed by atoms with Crippen LogP contribution in [0.2, 0.25) is 0 Å². The van der Waals surface area contributed by atoms with Gasteiger partial charge >= 0.3 is 5.97 Å². The van der Waals surface area contributed by atoms with Crippen molar-refractivity contribution in [3.63, 3.8) is 0 Å². The van der Waals surface area contributed by atoms with Gasteiger partial charge in [0.2, 0.25) is 5.91 Å². The molecule has 1 aliphatic rings. The number of rotatable bonds is 4. The summed E-state index contributed by atoms with van der Waals surface area (Å²) in [6, 6.07) is 7.99. The third-order valence-corrected chi connectivity index (χ3v) is 4.21. The molecule has 6 heteroatoms. The first-order valence-corrected chi connectivity index (χ1v) is 7.68. The molecule has 0 saturated carbocycles. The van der Waals surface area contributed by atoms with E-state index in [0.717, 1.165) is 16.5 Å². The maximum Gasteiger partial charge on any atom is 0.306 e. The summed E-state index contributed by atoms with van der Waals surface area (Å²) < 4.78 is 7.43. The minimum atomic E-state index is -0.904. The lowest BCUT2D eigenvalue weighted by molar-refractivity contribution is -0.147. The van der Waals surface area contributed by atoms with Crippen LogP contribution in [0.1, 0.15) is 12.0 Å².